The Hall–Kier alpha value is -2.03. The van der Waals surface area contributed by atoms with Crippen molar-refractivity contribution in [2.75, 3.05) is 31.9 Å². The number of hydrogen-bond acceptors (Lipinski definition) is 7. The zero-order chi connectivity index (χ0) is 26.4. The average Bonchev–Trinajstić information content (AvgIpc) is 3.50. The van der Waals surface area contributed by atoms with E-state index in [1.807, 2.05) is 23.3 Å². The Kier molecular flexibility index (Phi) is 7.37. The normalized spacial score (nSPS) is 34.9. The molecule has 5 unspecified atom stereocenters. The lowest BCUT2D eigenvalue weighted by Gasteiger charge is -2.57. The van der Waals surface area contributed by atoms with Crippen LogP contribution in [0, 0.1) is 18.8 Å². The second kappa shape index (κ2) is 10.3. The van der Waals surface area contributed by atoms with Crippen LogP contribution in [-0.2, 0) is 10.2 Å². The first-order valence-corrected chi connectivity index (χ1v) is 14.7. The van der Waals surface area contributed by atoms with Crippen molar-refractivity contribution in [1.82, 2.24) is 9.80 Å². The fourth-order valence-electron chi connectivity index (χ4n) is 7.21. The molecule has 3 heterocycles. The molecular weight excluding hydrogens is 486 g/mol. The molecule has 1 aromatic rings. The number of nitrogens with zero attached hydrogens (tertiary/aromatic N) is 3. The van der Waals surface area contributed by atoms with E-state index in [0.717, 1.165) is 48.7 Å². The largest absolute Gasteiger partial charge is 0.504 e. The van der Waals surface area contributed by atoms with Gasteiger partial charge < -0.3 is 19.8 Å². The molecule has 37 heavy (non-hydrogen) atoms. The second-order valence-corrected chi connectivity index (χ2v) is 12.5. The molecule has 0 bridgehead atoms. The highest BCUT2D eigenvalue weighted by molar-refractivity contribution is 8.02. The lowest BCUT2D eigenvalue weighted by atomic mass is 9.56. The molecule has 1 aromatic carbocycles. The molecule has 6 atom stereocenters. The van der Waals surface area contributed by atoms with Gasteiger partial charge in [-0.15, -0.1) is 11.8 Å². The molecule has 5 rings (SSSR count). The summed E-state index contributed by atoms with van der Waals surface area (Å²) in [6.07, 6.45) is 4.99. The van der Waals surface area contributed by atoms with Gasteiger partial charge in [-0.1, -0.05) is 13.0 Å². The minimum Gasteiger partial charge on any atom is -0.504 e. The smallest absolute Gasteiger partial charge is 0.222 e. The van der Waals surface area contributed by atoms with Crippen molar-refractivity contribution < 1.29 is 19.7 Å². The van der Waals surface area contributed by atoms with E-state index in [1.165, 1.54) is 6.42 Å². The van der Waals surface area contributed by atoms with Crippen molar-refractivity contribution in [3.63, 3.8) is 0 Å². The number of ether oxygens (including phenoxy) is 1. The molecule has 1 aliphatic carbocycles. The van der Waals surface area contributed by atoms with Gasteiger partial charge in [0.1, 0.15) is 6.10 Å². The predicted molar refractivity (Wildman–Crippen MR) is 148 cm³/mol. The van der Waals surface area contributed by atoms with E-state index >= 15 is 0 Å². The number of piperidine rings is 1. The number of aryl methyl sites for hydroxylation is 1. The number of benzene rings is 1. The minimum absolute atomic E-state index is 0.0791. The van der Waals surface area contributed by atoms with Crippen LogP contribution in [0.15, 0.2) is 28.7 Å². The molecule has 1 spiro atoms. The zero-order valence-corrected chi connectivity index (χ0v) is 23.2. The van der Waals surface area contributed by atoms with Crippen LogP contribution in [0.1, 0.15) is 57.1 Å². The van der Waals surface area contributed by atoms with Crippen LogP contribution in [-0.4, -0.2) is 82.3 Å². The summed E-state index contributed by atoms with van der Waals surface area (Å²) >= 11 is 1.62. The van der Waals surface area contributed by atoms with Gasteiger partial charge in [0, 0.05) is 37.3 Å². The minimum atomic E-state index is -1.08. The summed E-state index contributed by atoms with van der Waals surface area (Å²) < 4.78 is 6.52. The molecule has 2 N–H and O–H groups in total. The van der Waals surface area contributed by atoms with E-state index in [4.69, 9.17) is 4.74 Å². The SMILES string of the molecule is C=N/C=C\SCCCC(=O)N1CCC2(O)C(C)N(CC3CC3C)CCC23c2c(C)ccc(O)c2O[C@H]3C1. The van der Waals surface area contributed by atoms with Crippen molar-refractivity contribution in [3.05, 3.63) is 34.9 Å². The number of aromatic hydroxyl groups is 1. The summed E-state index contributed by atoms with van der Waals surface area (Å²) in [7, 11) is 0. The summed E-state index contributed by atoms with van der Waals surface area (Å²) in [6, 6.07) is 3.53. The van der Waals surface area contributed by atoms with Gasteiger partial charge >= 0.3 is 0 Å². The molecule has 1 saturated carbocycles. The molecule has 3 aliphatic heterocycles. The number of likely N-dealkylation sites (tertiary alicyclic amines) is 2. The predicted octanol–water partition coefficient (Wildman–Crippen LogP) is 4.10. The van der Waals surface area contributed by atoms with Gasteiger partial charge in [0.05, 0.1) is 17.6 Å². The van der Waals surface area contributed by atoms with Crippen molar-refractivity contribution in [2.45, 2.75) is 76.0 Å². The Labute approximate surface area is 225 Å². The standard InChI is InChI=1S/C29H41N3O4S/c1-19-7-8-23(33)27-26(19)28-9-12-31(17-22-16-20(22)2)21(3)29(28,35)10-13-32(18-24(28)36-27)25(34)6-5-14-37-15-11-30-4/h7-8,11,15,20-22,24,33,35H,4-6,9-10,12-14,16-18H2,1-3H3/b15-11-/t20?,21?,22?,24-,28?,29?/m0/s1. The van der Waals surface area contributed by atoms with Crippen LogP contribution in [0.2, 0.25) is 0 Å². The summed E-state index contributed by atoms with van der Waals surface area (Å²) in [5, 5.41) is 25.4. The number of amides is 1. The van der Waals surface area contributed by atoms with Crippen LogP contribution in [0.4, 0.5) is 0 Å². The number of phenols is 1. The van der Waals surface area contributed by atoms with E-state index in [2.05, 4.69) is 30.5 Å². The monoisotopic (exact) mass is 527 g/mol. The van der Waals surface area contributed by atoms with E-state index in [1.54, 1.807) is 24.0 Å². The summed E-state index contributed by atoms with van der Waals surface area (Å²) in [4.78, 5) is 21.4. The highest BCUT2D eigenvalue weighted by atomic mass is 32.2. The Morgan fingerprint density at radius 2 is 2.11 bits per heavy atom. The van der Waals surface area contributed by atoms with Crippen molar-refractivity contribution in [2.24, 2.45) is 16.8 Å². The highest BCUT2D eigenvalue weighted by Crippen LogP contribution is 2.60. The third-order valence-corrected chi connectivity index (χ3v) is 10.4. The first-order chi connectivity index (χ1) is 17.7. The Balaban J connectivity index is 1.43. The van der Waals surface area contributed by atoms with Crippen LogP contribution >= 0.6 is 11.8 Å². The van der Waals surface area contributed by atoms with Crippen molar-refractivity contribution in [3.8, 4) is 11.5 Å². The van der Waals surface area contributed by atoms with Gasteiger partial charge in [0.15, 0.2) is 11.5 Å². The quantitative estimate of drug-likeness (QED) is 0.391. The molecule has 4 aliphatic rings. The van der Waals surface area contributed by atoms with E-state index in [9.17, 15) is 15.0 Å². The number of carbonyl (C=O) groups excluding carboxylic acids is 1. The Morgan fingerprint density at radius 1 is 1.32 bits per heavy atom. The van der Waals surface area contributed by atoms with E-state index < -0.39 is 17.1 Å². The Bertz CT molecular complexity index is 1080. The van der Waals surface area contributed by atoms with Crippen molar-refractivity contribution in [1.29, 1.82) is 0 Å². The molecule has 3 fully saturated rings. The zero-order valence-electron chi connectivity index (χ0n) is 22.4. The first-order valence-electron chi connectivity index (χ1n) is 13.7. The number of phenolic OH excluding ortho intramolecular Hbond substituents is 1. The van der Waals surface area contributed by atoms with Gasteiger partial charge in [-0.25, -0.2) is 0 Å². The summed E-state index contributed by atoms with van der Waals surface area (Å²) in [5.74, 6) is 3.00. The third kappa shape index (κ3) is 4.49. The lowest BCUT2D eigenvalue weighted by molar-refractivity contribution is -0.151. The number of aliphatic imine (C=N–C) groups is 1. The van der Waals surface area contributed by atoms with Gasteiger partial charge in [0.2, 0.25) is 5.91 Å². The van der Waals surface area contributed by atoms with E-state index in [-0.39, 0.29) is 17.7 Å². The van der Waals surface area contributed by atoms with Gasteiger partial charge in [-0.2, -0.15) is 0 Å². The fraction of sp³-hybridized carbons (Fsp3) is 0.655. The lowest BCUT2D eigenvalue weighted by Crippen LogP contribution is -2.70. The summed E-state index contributed by atoms with van der Waals surface area (Å²) in [5.41, 5.74) is 0.234. The molecule has 0 aromatic heterocycles. The Morgan fingerprint density at radius 3 is 2.84 bits per heavy atom. The van der Waals surface area contributed by atoms with E-state index in [0.29, 0.717) is 37.6 Å². The fourth-order valence-corrected chi connectivity index (χ4v) is 7.82. The number of fused-ring (bicyclic) bond motifs is 1. The molecule has 202 valence electrons. The number of rotatable bonds is 8. The number of aliphatic hydroxyl groups is 1. The van der Waals surface area contributed by atoms with Gasteiger partial charge in [-0.05, 0) is 87.4 Å². The molecule has 1 amide bonds. The van der Waals surface area contributed by atoms with Crippen LogP contribution < -0.4 is 4.74 Å². The average molecular weight is 528 g/mol. The topological polar surface area (TPSA) is 85.6 Å². The van der Waals surface area contributed by atoms with Crippen LogP contribution in [0.3, 0.4) is 0 Å². The molecule has 2 saturated heterocycles. The van der Waals surface area contributed by atoms with Crippen LogP contribution in [0.5, 0.6) is 11.5 Å². The molecular formula is C29H41N3O4S. The van der Waals surface area contributed by atoms with Gasteiger partial charge in [-0.3, -0.25) is 14.7 Å². The second-order valence-electron chi connectivity index (χ2n) is 11.5. The molecule has 0 radical (unpaired) electrons. The summed E-state index contributed by atoms with van der Waals surface area (Å²) in [6.45, 7) is 12.8. The number of thioether (sulfide) groups is 1. The number of hydrogen-bond donors (Lipinski definition) is 2. The van der Waals surface area contributed by atoms with Gasteiger partial charge in [0.25, 0.3) is 0 Å². The maximum absolute atomic E-state index is 13.4. The molecule has 7 nitrogen and oxygen atoms in total. The maximum atomic E-state index is 13.4. The first kappa shape index (κ1) is 26.6. The third-order valence-electron chi connectivity index (χ3n) is 9.57. The maximum Gasteiger partial charge on any atom is 0.222 e. The molecule has 8 heteroatoms. The number of carbonyl (C=O) groups is 1. The highest BCUT2D eigenvalue weighted by Gasteiger charge is 2.68. The van der Waals surface area contributed by atoms with Crippen LogP contribution in [0.25, 0.3) is 0 Å². The van der Waals surface area contributed by atoms with Crippen molar-refractivity contribution >= 4 is 24.4 Å².